The first-order valence-corrected chi connectivity index (χ1v) is 5.28. The fourth-order valence-electron chi connectivity index (χ4n) is 2.02. The van der Waals surface area contributed by atoms with Gasteiger partial charge in [-0.3, -0.25) is 4.79 Å². The van der Waals surface area contributed by atoms with Crippen LogP contribution in [0.4, 0.5) is 13.2 Å². The molecular formula is C10H16F3NO2. The summed E-state index contributed by atoms with van der Waals surface area (Å²) in [6.07, 6.45) is -2.88. The summed E-state index contributed by atoms with van der Waals surface area (Å²) in [5.41, 5.74) is 0. The fraction of sp³-hybridized carbons (Fsp3) is 0.900. The Labute approximate surface area is 92.3 Å². The molecule has 0 aromatic carbocycles. The highest BCUT2D eigenvalue weighted by Gasteiger charge is 2.42. The van der Waals surface area contributed by atoms with E-state index in [1.807, 2.05) is 0 Å². The standard InChI is InChI=1S/C10H16F3NO2/c1-16-6-9(15)14-8-4-2-3-7(5-8)10(11,12)13/h7-8H,2-6H2,1H3,(H,14,15)/t7-,8+/m1/s1. The van der Waals surface area contributed by atoms with E-state index in [-0.39, 0.29) is 31.4 Å². The second kappa shape index (κ2) is 5.52. The summed E-state index contributed by atoms with van der Waals surface area (Å²) in [4.78, 5) is 11.2. The van der Waals surface area contributed by atoms with Crippen molar-refractivity contribution >= 4 is 5.91 Å². The quantitative estimate of drug-likeness (QED) is 0.816. The number of ether oxygens (including phenoxy) is 1. The van der Waals surface area contributed by atoms with Gasteiger partial charge in [0, 0.05) is 13.2 Å². The van der Waals surface area contributed by atoms with Crippen molar-refractivity contribution in [1.82, 2.24) is 5.32 Å². The van der Waals surface area contributed by atoms with Crippen LogP contribution in [0.15, 0.2) is 0 Å². The zero-order valence-corrected chi connectivity index (χ0v) is 9.14. The minimum absolute atomic E-state index is 0.0149. The molecule has 0 aliphatic heterocycles. The van der Waals surface area contributed by atoms with Crippen molar-refractivity contribution in [3.05, 3.63) is 0 Å². The SMILES string of the molecule is COCC(=O)N[C@H]1CCC[C@@H](C(F)(F)F)C1. The molecule has 1 saturated carbocycles. The molecule has 0 radical (unpaired) electrons. The Balaban J connectivity index is 2.42. The number of carbonyl (C=O) groups is 1. The van der Waals surface area contributed by atoms with Crippen molar-refractivity contribution in [1.29, 1.82) is 0 Å². The van der Waals surface area contributed by atoms with Crippen molar-refractivity contribution in [2.75, 3.05) is 13.7 Å². The smallest absolute Gasteiger partial charge is 0.375 e. The van der Waals surface area contributed by atoms with E-state index in [0.29, 0.717) is 12.8 Å². The highest BCUT2D eigenvalue weighted by atomic mass is 19.4. The summed E-state index contributed by atoms with van der Waals surface area (Å²) >= 11 is 0. The van der Waals surface area contributed by atoms with Gasteiger partial charge in [-0.1, -0.05) is 6.42 Å². The van der Waals surface area contributed by atoms with Gasteiger partial charge in [-0.2, -0.15) is 13.2 Å². The normalized spacial score (nSPS) is 26.5. The van der Waals surface area contributed by atoms with Crippen LogP contribution >= 0.6 is 0 Å². The van der Waals surface area contributed by atoms with E-state index >= 15 is 0 Å². The number of methoxy groups -OCH3 is 1. The van der Waals surface area contributed by atoms with Crippen LogP contribution in [0.25, 0.3) is 0 Å². The van der Waals surface area contributed by atoms with E-state index in [9.17, 15) is 18.0 Å². The first kappa shape index (κ1) is 13.3. The predicted molar refractivity (Wildman–Crippen MR) is 51.8 cm³/mol. The van der Waals surface area contributed by atoms with Crippen molar-refractivity contribution in [2.24, 2.45) is 5.92 Å². The molecule has 0 aromatic heterocycles. The molecule has 1 N–H and O–H groups in total. The molecule has 3 nitrogen and oxygen atoms in total. The third kappa shape index (κ3) is 4.00. The van der Waals surface area contributed by atoms with Crippen LogP contribution in [0.3, 0.4) is 0 Å². The zero-order chi connectivity index (χ0) is 12.2. The van der Waals surface area contributed by atoms with Crippen molar-refractivity contribution in [2.45, 2.75) is 37.9 Å². The maximum absolute atomic E-state index is 12.5. The lowest BCUT2D eigenvalue weighted by Crippen LogP contribution is -2.42. The number of halogens is 3. The van der Waals surface area contributed by atoms with E-state index < -0.39 is 12.1 Å². The molecule has 0 bridgehead atoms. The molecule has 94 valence electrons. The van der Waals surface area contributed by atoms with Gasteiger partial charge >= 0.3 is 6.18 Å². The Morgan fingerprint density at radius 3 is 2.69 bits per heavy atom. The lowest BCUT2D eigenvalue weighted by atomic mass is 9.85. The van der Waals surface area contributed by atoms with Crippen molar-refractivity contribution in [3.8, 4) is 0 Å². The Hall–Kier alpha value is -0.780. The van der Waals surface area contributed by atoms with Gasteiger partial charge in [0.05, 0.1) is 5.92 Å². The van der Waals surface area contributed by atoms with Gasteiger partial charge in [0.25, 0.3) is 0 Å². The van der Waals surface area contributed by atoms with Gasteiger partial charge in [-0.25, -0.2) is 0 Å². The molecular weight excluding hydrogens is 223 g/mol. The zero-order valence-electron chi connectivity index (χ0n) is 9.14. The Morgan fingerprint density at radius 1 is 1.44 bits per heavy atom. The lowest BCUT2D eigenvalue weighted by Gasteiger charge is -2.30. The minimum Gasteiger partial charge on any atom is -0.375 e. The summed E-state index contributed by atoms with van der Waals surface area (Å²) in [6.45, 7) is -0.104. The third-order valence-corrected chi connectivity index (χ3v) is 2.78. The number of rotatable bonds is 3. The molecule has 1 aliphatic carbocycles. The van der Waals surface area contributed by atoms with Crippen molar-refractivity contribution < 1.29 is 22.7 Å². The molecule has 2 atom stereocenters. The minimum atomic E-state index is -4.15. The largest absolute Gasteiger partial charge is 0.391 e. The van der Waals surface area contributed by atoms with E-state index in [1.165, 1.54) is 7.11 Å². The average Bonchev–Trinajstić information content (AvgIpc) is 2.17. The average molecular weight is 239 g/mol. The Bertz CT molecular complexity index is 243. The lowest BCUT2D eigenvalue weighted by molar-refractivity contribution is -0.184. The molecule has 1 rings (SSSR count). The van der Waals surface area contributed by atoms with Gasteiger partial charge in [0.2, 0.25) is 5.91 Å². The van der Waals surface area contributed by atoms with Crippen LogP contribution in [-0.4, -0.2) is 31.8 Å². The van der Waals surface area contributed by atoms with Crippen LogP contribution in [0.2, 0.25) is 0 Å². The van der Waals surface area contributed by atoms with Crippen LogP contribution in [0.5, 0.6) is 0 Å². The maximum atomic E-state index is 12.5. The number of hydrogen-bond donors (Lipinski definition) is 1. The number of carbonyl (C=O) groups excluding carboxylic acids is 1. The van der Waals surface area contributed by atoms with E-state index in [2.05, 4.69) is 10.1 Å². The maximum Gasteiger partial charge on any atom is 0.391 e. The van der Waals surface area contributed by atoms with E-state index in [1.54, 1.807) is 0 Å². The number of amides is 1. The second-order valence-electron chi connectivity index (χ2n) is 4.10. The van der Waals surface area contributed by atoms with E-state index in [4.69, 9.17) is 0 Å². The Morgan fingerprint density at radius 2 is 2.12 bits per heavy atom. The number of hydrogen-bond acceptors (Lipinski definition) is 2. The van der Waals surface area contributed by atoms with Crippen molar-refractivity contribution in [3.63, 3.8) is 0 Å². The summed E-state index contributed by atoms with van der Waals surface area (Å²) in [6, 6.07) is -0.372. The van der Waals surface area contributed by atoms with Gasteiger partial charge in [-0.05, 0) is 19.3 Å². The van der Waals surface area contributed by atoms with Gasteiger partial charge in [0.15, 0.2) is 0 Å². The van der Waals surface area contributed by atoms with Crippen LogP contribution < -0.4 is 5.32 Å². The molecule has 1 aliphatic rings. The number of nitrogens with one attached hydrogen (secondary N) is 1. The summed E-state index contributed by atoms with van der Waals surface area (Å²) in [5, 5.41) is 2.56. The predicted octanol–water partition coefficient (Wildman–Crippen LogP) is 1.87. The van der Waals surface area contributed by atoms with Crippen LogP contribution in [0.1, 0.15) is 25.7 Å². The van der Waals surface area contributed by atoms with Gasteiger partial charge in [0.1, 0.15) is 6.61 Å². The number of alkyl halides is 3. The highest BCUT2D eigenvalue weighted by molar-refractivity contribution is 5.77. The van der Waals surface area contributed by atoms with Crippen LogP contribution in [-0.2, 0) is 9.53 Å². The monoisotopic (exact) mass is 239 g/mol. The molecule has 1 amide bonds. The topological polar surface area (TPSA) is 38.3 Å². The molecule has 0 spiro atoms. The van der Waals surface area contributed by atoms with Gasteiger partial charge < -0.3 is 10.1 Å². The van der Waals surface area contributed by atoms with Crippen LogP contribution in [0, 0.1) is 5.92 Å². The fourth-order valence-corrected chi connectivity index (χ4v) is 2.02. The first-order chi connectivity index (χ1) is 7.43. The molecule has 0 unspecified atom stereocenters. The molecule has 1 fully saturated rings. The summed E-state index contributed by atoms with van der Waals surface area (Å²) in [5.74, 6) is -1.63. The third-order valence-electron chi connectivity index (χ3n) is 2.78. The molecule has 0 saturated heterocycles. The second-order valence-corrected chi connectivity index (χ2v) is 4.10. The Kier molecular flexibility index (Phi) is 4.58. The highest BCUT2D eigenvalue weighted by Crippen LogP contribution is 2.37. The first-order valence-electron chi connectivity index (χ1n) is 5.28. The van der Waals surface area contributed by atoms with E-state index in [0.717, 1.165) is 0 Å². The van der Waals surface area contributed by atoms with Gasteiger partial charge in [-0.15, -0.1) is 0 Å². The molecule has 0 heterocycles. The molecule has 0 aromatic rings. The molecule has 16 heavy (non-hydrogen) atoms. The summed E-state index contributed by atoms with van der Waals surface area (Å²) in [7, 11) is 1.37. The molecule has 6 heteroatoms. The summed E-state index contributed by atoms with van der Waals surface area (Å²) < 4.78 is 42.0.